The molecule has 1 unspecified atom stereocenters. The highest BCUT2D eigenvalue weighted by atomic mass is 16.4. The fraction of sp³-hybridized carbons (Fsp3) is 0.400. The molecule has 0 radical (unpaired) electrons. The lowest BCUT2D eigenvalue weighted by Gasteiger charge is -2.13. The molecular formula is C15H16N2O4. The molecule has 2 aliphatic rings. The lowest BCUT2D eigenvalue weighted by atomic mass is 9.96. The number of carbonyl (C=O) groups is 3. The molecule has 2 fully saturated rings. The summed E-state index contributed by atoms with van der Waals surface area (Å²) < 4.78 is 0. The van der Waals surface area contributed by atoms with Crippen molar-refractivity contribution in [3.05, 3.63) is 29.8 Å². The molecular weight excluding hydrogens is 272 g/mol. The van der Waals surface area contributed by atoms with Crippen LogP contribution in [0.3, 0.4) is 0 Å². The molecule has 1 atom stereocenters. The van der Waals surface area contributed by atoms with E-state index in [4.69, 9.17) is 0 Å². The Morgan fingerprint density at radius 2 is 1.90 bits per heavy atom. The minimum atomic E-state index is -0.798. The maximum atomic E-state index is 11.9. The van der Waals surface area contributed by atoms with Crippen LogP contribution < -0.4 is 10.6 Å². The van der Waals surface area contributed by atoms with Crippen LogP contribution in [-0.4, -0.2) is 28.9 Å². The molecule has 0 aromatic heterocycles. The lowest BCUT2D eigenvalue weighted by Crippen LogP contribution is -2.37. The maximum absolute atomic E-state index is 11.9. The Morgan fingerprint density at radius 1 is 1.24 bits per heavy atom. The topological polar surface area (TPSA) is 95.5 Å². The van der Waals surface area contributed by atoms with Crippen molar-refractivity contribution in [2.45, 2.75) is 37.1 Å². The van der Waals surface area contributed by atoms with Gasteiger partial charge in [-0.3, -0.25) is 14.4 Å². The van der Waals surface area contributed by atoms with E-state index in [1.807, 2.05) is 0 Å². The molecule has 6 heteroatoms. The third-order valence-corrected chi connectivity index (χ3v) is 4.18. The van der Waals surface area contributed by atoms with Crippen LogP contribution in [0, 0.1) is 0 Å². The SMILES string of the molecule is O=C1CCC(C(=O)Nc2ccc(C3(C(=O)O)CC3)cc2)N1. The van der Waals surface area contributed by atoms with Crippen LogP contribution in [0.15, 0.2) is 24.3 Å². The van der Waals surface area contributed by atoms with Crippen molar-refractivity contribution < 1.29 is 19.5 Å². The molecule has 0 spiro atoms. The lowest BCUT2D eigenvalue weighted by molar-refractivity contribution is -0.140. The van der Waals surface area contributed by atoms with E-state index < -0.39 is 17.4 Å². The predicted molar refractivity (Wildman–Crippen MR) is 74.8 cm³/mol. The smallest absolute Gasteiger partial charge is 0.314 e. The van der Waals surface area contributed by atoms with Gasteiger partial charge in [0, 0.05) is 12.1 Å². The van der Waals surface area contributed by atoms with E-state index in [9.17, 15) is 19.5 Å². The summed E-state index contributed by atoms with van der Waals surface area (Å²) in [6, 6.07) is 6.40. The number of carboxylic acids is 1. The van der Waals surface area contributed by atoms with E-state index >= 15 is 0 Å². The summed E-state index contributed by atoms with van der Waals surface area (Å²) >= 11 is 0. The summed E-state index contributed by atoms with van der Waals surface area (Å²) in [7, 11) is 0. The first-order valence-electron chi connectivity index (χ1n) is 6.95. The van der Waals surface area contributed by atoms with Crippen molar-refractivity contribution in [3.63, 3.8) is 0 Å². The van der Waals surface area contributed by atoms with Gasteiger partial charge in [0.15, 0.2) is 0 Å². The van der Waals surface area contributed by atoms with Crippen molar-refractivity contribution in [2.24, 2.45) is 0 Å². The number of anilines is 1. The molecule has 110 valence electrons. The summed E-state index contributed by atoms with van der Waals surface area (Å²) in [5, 5.41) is 14.6. The van der Waals surface area contributed by atoms with E-state index in [1.165, 1.54) is 0 Å². The van der Waals surface area contributed by atoms with Gasteiger partial charge in [-0.1, -0.05) is 12.1 Å². The molecule has 3 N–H and O–H groups in total. The number of hydrogen-bond acceptors (Lipinski definition) is 3. The van der Waals surface area contributed by atoms with Gasteiger partial charge in [0.1, 0.15) is 6.04 Å². The van der Waals surface area contributed by atoms with Gasteiger partial charge in [-0.25, -0.2) is 0 Å². The van der Waals surface area contributed by atoms with Gasteiger partial charge in [-0.05, 0) is 37.0 Å². The van der Waals surface area contributed by atoms with Crippen LogP contribution in [-0.2, 0) is 19.8 Å². The zero-order valence-electron chi connectivity index (χ0n) is 11.4. The number of benzene rings is 1. The summed E-state index contributed by atoms with van der Waals surface area (Å²) in [6.45, 7) is 0. The first kappa shape index (κ1) is 13.6. The molecule has 1 aliphatic carbocycles. The van der Waals surface area contributed by atoms with Gasteiger partial charge >= 0.3 is 5.97 Å². The normalized spacial score (nSPS) is 22.5. The van der Waals surface area contributed by atoms with Crippen molar-refractivity contribution in [1.82, 2.24) is 5.32 Å². The fourth-order valence-corrected chi connectivity index (χ4v) is 2.66. The first-order valence-corrected chi connectivity index (χ1v) is 6.95. The average molecular weight is 288 g/mol. The highest BCUT2D eigenvalue weighted by Crippen LogP contribution is 2.48. The van der Waals surface area contributed by atoms with E-state index in [0.29, 0.717) is 31.4 Å². The number of rotatable bonds is 4. The number of aliphatic carboxylic acids is 1. The van der Waals surface area contributed by atoms with Gasteiger partial charge in [0.25, 0.3) is 0 Å². The second-order valence-electron chi connectivity index (χ2n) is 5.61. The summed E-state index contributed by atoms with van der Waals surface area (Å²) in [5.74, 6) is -1.15. The van der Waals surface area contributed by atoms with Gasteiger partial charge in [0.2, 0.25) is 11.8 Å². The van der Waals surface area contributed by atoms with Crippen molar-refractivity contribution in [1.29, 1.82) is 0 Å². The molecule has 1 aromatic carbocycles. The van der Waals surface area contributed by atoms with E-state index in [0.717, 1.165) is 5.56 Å². The summed E-state index contributed by atoms with van der Waals surface area (Å²) in [5.41, 5.74) is 0.635. The van der Waals surface area contributed by atoms with Gasteiger partial charge in [-0.2, -0.15) is 0 Å². The number of nitrogens with one attached hydrogen (secondary N) is 2. The van der Waals surface area contributed by atoms with Crippen LogP contribution in [0.4, 0.5) is 5.69 Å². The molecule has 3 rings (SSSR count). The van der Waals surface area contributed by atoms with Crippen LogP contribution in [0.25, 0.3) is 0 Å². The van der Waals surface area contributed by atoms with Crippen LogP contribution in [0.5, 0.6) is 0 Å². The van der Waals surface area contributed by atoms with E-state index in [2.05, 4.69) is 10.6 Å². The molecule has 1 saturated heterocycles. The highest BCUT2D eigenvalue weighted by molar-refractivity contribution is 5.99. The van der Waals surface area contributed by atoms with Gasteiger partial charge < -0.3 is 15.7 Å². The number of hydrogen-bond donors (Lipinski definition) is 3. The van der Waals surface area contributed by atoms with Gasteiger partial charge in [-0.15, -0.1) is 0 Å². The minimum absolute atomic E-state index is 0.109. The average Bonchev–Trinajstić information content (AvgIpc) is 3.16. The van der Waals surface area contributed by atoms with Crippen LogP contribution in [0.2, 0.25) is 0 Å². The molecule has 21 heavy (non-hydrogen) atoms. The molecule has 1 aliphatic heterocycles. The monoisotopic (exact) mass is 288 g/mol. The zero-order chi connectivity index (χ0) is 15.0. The Labute approximate surface area is 121 Å². The Morgan fingerprint density at radius 3 is 2.38 bits per heavy atom. The molecule has 6 nitrogen and oxygen atoms in total. The molecule has 1 heterocycles. The second kappa shape index (κ2) is 4.87. The Balaban J connectivity index is 1.66. The standard InChI is InChI=1S/C15H16N2O4/c18-12-6-5-11(17-12)13(19)16-10-3-1-9(2-4-10)15(7-8-15)14(20)21/h1-4,11H,5-8H2,(H,16,19)(H,17,18)(H,20,21). The van der Waals surface area contributed by atoms with Crippen molar-refractivity contribution in [2.75, 3.05) is 5.32 Å². The largest absolute Gasteiger partial charge is 0.481 e. The summed E-state index contributed by atoms with van der Waals surface area (Å²) in [4.78, 5) is 34.3. The molecule has 1 aromatic rings. The van der Waals surface area contributed by atoms with Gasteiger partial charge in [0.05, 0.1) is 5.41 Å². The van der Waals surface area contributed by atoms with E-state index in [-0.39, 0.29) is 11.8 Å². The van der Waals surface area contributed by atoms with Crippen molar-refractivity contribution >= 4 is 23.5 Å². The Hall–Kier alpha value is -2.37. The van der Waals surface area contributed by atoms with Crippen LogP contribution in [0.1, 0.15) is 31.2 Å². The number of carboxylic acid groups (broad SMARTS) is 1. The van der Waals surface area contributed by atoms with Crippen LogP contribution >= 0.6 is 0 Å². The van der Waals surface area contributed by atoms with E-state index in [1.54, 1.807) is 24.3 Å². The number of amides is 2. The molecule has 2 amide bonds. The summed E-state index contributed by atoms with van der Waals surface area (Å²) in [6.07, 6.45) is 2.19. The fourth-order valence-electron chi connectivity index (χ4n) is 2.66. The Kier molecular flexibility index (Phi) is 3.16. The zero-order valence-corrected chi connectivity index (χ0v) is 11.4. The minimum Gasteiger partial charge on any atom is -0.481 e. The first-order chi connectivity index (χ1) is 10.0. The molecule has 0 bridgehead atoms. The Bertz CT molecular complexity index is 605. The molecule has 1 saturated carbocycles. The highest BCUT2D eigenvalue weighted by Gasteiger charge is 2.51. The predicted octanol–water partition coefficient (Wildman–Crippen LogP) is 1.02. The number of carbonyl (C=O) groups excluding carboxylic acids is 2. The third-order valence-electron chi connectivity index (χ3n) is 4.18. The second-order valence-corrected chi connectivity index (χ2v) is 5.61. The third kappa shape index (κ3) is 2.49. The maximum Gasteiger partial charge on any atom is 0.314 e. The van der Waals surface area contributed by atoms with Crippen molar-refractivity contribution in [3.8, 4) is 0 Å². The quantitative estimate of drug-likeness (QED) is 0.770.